The van der Waals surface area contributed by atoms with Gasteiger partial charge in [-0.15, -0.1) is 0 Å². The highest BCUT2D eigenvalue weighted by Crippen LogP contribution is 2.35. The third kappa shape index (κ3) is 3.02. The number of rotatable bonds is 3. The summed E-state index contributed by atoms with van der Waals surface area (Å²) in [4.78, 5) is 1.35. The summed E-state index contributed by atoms with van der Waals surface area (Å²) in [6.07, 6.45) is 0. The zero-order valence-corrected chi connectivity index (χ0v) is 12.3. The lowest BCUT2D eigenvalue weighted by atomic mass is 9.93. The molecule has 0 saturated carbocycles. The van der Waals surface area contributed by atoms with Gasteiger partial charge in [0.15, 0.2) is 0 Å². The van der Waals surface area contributed by atoms with E-state index in [-0.39, 0.29) is 0 Å². The fraction of sp³-hybridized carbons (Fsp3) is 0.294. The molecule has 0 radical (unpaired) electrons. The minimum Gasteiger partial charge on any atom is -0.245 e. The molecule has 0 N–H and O–H groups in total. The summed E-state index contributed by atoms with van der Waals surface area (Å²) in [6, 6.07) is 17.7. The first-order valence-electron chi connectivity index (χ1n) is 6.77. The third-order valence-electron chi connectivity index (χ3n) is 3.62. The smallest absolute Gasteiger partial charge is 0.0232 e. The molecule has 3 rings (SSSR count). The van der Waals surface area contributed by atoms with Crippen molar-refractivity contribution in [2.45, 2.75) is 24.7 Å². The molecule has 0 bridgehead atoms. The van der Waals surface area contributed by atoms with E-state index in [1.165, 1.54) is 21.6 Å². The van der Waals surface area contributed by atoms with Gasteiger partial charge in [-0.25, -0.2) is 4.31 Å². The van der Waals surface area contributed by atoms with E-state index in [0.29, 0.717) is 5.92 Å². The molecular weight excluding hydrogens is 250 g/mol. The van der Waals surface area contributed by atoms with Crippen LogP contribution < -0.4 is 0 Å². The van der Waals surface area contributed by atoms with Crippen LogP contribution in [0.15, 0.2) is 53.4 Å². The maximum Gasteiger partial charge on any atom is 0.0232 e. The molecule has 1 fully saturated rings. The molecule has 1 aliphatic rings. The minimum absolute atomic E-state index is 0.706. The second kappa shape index (κ2) is 5.40. The lowest BCUT2D eigenvalue weighted by Gasteiger charge is -2.38. The van der Waals surface area contributed by atoms with Gasteiger partial charge in [-0.1, -0.05) is 42.0 Å². The van der Waals surface area contributed by atoms with E-state index in [4.69, 9.17) is 0 Å². The summed E-state index contributed by atoms with van der Waals surface area (Å²) in [7, 11) is 0. The van der Waals surface area contributed by atoms with Crippen LogP contribution in [0.2, 0.25) is 0 Å². The highest BCUT2D eigenvalue weighted by molar-refractivity contribution is 7.97. The van der Waals surface area contributed by atoms with Crippen LogP contribution in [0.3, 0.4) is 0 Å². The zero-order valence-electron chi connectivity index (χ0n) is 11.5. The average molecular weight is 269 g/mol. The van der Waals surface area contributed by atoms with Crippen molar-refractivity contribution in [1.29, 1.82) is 0 Å². The maximum atomic E-state index is 2.44. The van der Waals surface area contributed by atoms with Gasteiger partial charge in [0.1, 0.15) is 0 Å². The zero-order chi connectivity index (χ0) is 13.2. The van der Waals surface area contributed by atoms with Gasteiger partial charge in [0, 0.05) is 23.9 Å². The number of hydrogen-bond donors (Lipinski definition) is 0. The van der Waals surface area contributed by atoms with Gasteiger partial charge in [0.05, 0.1) is 0 Å². The maximum absolute atomic E-state index is 2.44. The van der Waals surface area contributed by atoms with Crippen LogP contribution in [0.1, 0.15) is 22.6 Å². The number of hydrogen-bond acceptors (Lipinski definition) is 2. The van der Waals surface area contributed by atoms with Gasteiger partial charge in [0.25, 0.3) is 0 Å². The van der Waals surface area contributed by atoms with Crippen LogP contribution >= 0.6 is 11.9 Å². The molecule has 0 aliphatic carbocycles. The van der Waals surface area contributed by atoms with Gasteiger partial charge in [-0.3, -0.25) is 0 Å². The van der Waals surface area contributed by atoms with E-state index in [0.717, 1.165) is 13.1 Å². The number of benzene rings is 2. The van der Waals surface area contributed by atoms with Crippen LogP contribution in [0.25, 0.3) is 0 Å². The highest BCUT2D eigenvalue weighted by atomic mass is 32.2. The molecule has 0 amide bonds. The molecule has 0 spiro atoms. The second-order valence-electron chi connectivity index (χ2n) is 5.36. The summed E-state index contributed by atoms with van der Waals surface area (Å²) in [5.41, 5.74) is 4.15. The Kier molecular flexibility index (Phi) is 3.63. The Labute approximate surface area is 119 Å². The van der Waals surface area contributed by atoms with Gasteiger partial charge in [-0.05, 0) is 49.1 Å². The van der Waals surface area contributed by atoms with Crippen LogP contribution in [-0.2, 0) is 0 Å². The van der Waals surface area contributed by atoms with E-state index in [1.807, 2.05) is 11.9 Å². The monoisotopic (exact) mass is 269 g/mol. The molecule has 0 aromatic heterocycles. The van der Waals surface area contributed by atoms with Crippen molar-refractivity contribution in [2.75, 3.05) is 13.1 Å². The molecule has 2 aromatic rings. The third-order valence-corrected chi connectivity index (χ3v) is 4.64. The molecule has 1 aliphatic heterocycles. The van der Waals surface area contributed by atoms with Crippen LogP contribution in [0, 0.1) is 13.8 Å². The fourth-order valence-corrected chi connectivity index (χ4v) is 3.57. The number of aryl methyl sites for hydroxylation is 2. The first-order chi connectivity index (χ1) is 9.20. The van der Waals surface area contributed by atoms with Crippen LogP contribution in [-0.4, -0.2) is 17.4 Å². The lowest BCUT2D eigenvalue weighted by Crippen LogP contribution is -2.39. The second-order valence-corrected chi connectivity index (χ2v) is 6.53. The van der Waals surface area contributed by atoms with E-state index in [2.05, 4.69) is 66.7 Å². The quantitative estimate of drug-likeness (QED) is 0.759. The Bertz CT molecular complexity index is 556. The molecule has 1 heterocycles. The molecule has 98 valence electrons. The van der Waals surface area contributed by atoms with E-state index < -0.39 is 0 Å². The Morgan fingerprint density at radius 2 is 1.68 bits per heavy atom. The molecule has 2 heteroatoms. The molecule has 1 nitrogen and oxygen atoms in total. The van der Waals surface area contributed by atoms with Crippen molar-refractivity contribution in [1.82, 2.24) is 4.31 Å². The normalized spacial score (nSPS) is 16.3. The Morgan fingerprint density at radius 3 is 2.37 bits per heavy atom. The highest BCUT2D eigenvalue weighted by Gasteiger charge is 2.28. The van der Waals surface area contributed by atoms with Crippen molar-refractivity contribution in [3.63, 3.8) is 0 Å². The van der Waals surface area contributed by atoms with Gasteiger partial charge in [0.2, 0.25) is 0 Å². The SMILES string of the molecule is Cc1ccc(C2CN(Sc3cccc(C)c3)C2)cc1. The molecular formula is C17H19NS. The standard InChI is InChI=1S/C17H19NS/c1-13-6-8-15(9-7-13)16-11-18(12-16)19-17-5-3-4-14(2)10-17/h3-10,16H,11-12H2,1-2H3. The van der Waals surface area contributed by atoms with Crippen molar-refractivity contribution in [3.05, 3.63) is 65.2 Å². The topological polar surface area (TPSA) is 3.24 Å². The largest absolute Gasteiger partial charge is 0.245 e. The van der Waals surface area contributed by atoms with Gasteiger partial charge >= 0.3 is 0 Å². The predicted molar refractivity (Wildman–Crippen MR) is 82.5 cm³/mol. The summed E-state index contributed by atoms with van der Waals surface area (Å²) >= 11 is 1.88. The lowest BCUT2D eigenvalue weighted by molar-refractivity contribution is 0.290. The Hall–Kier alpha value is -1.25. The van der Waals surface area contributed by atoms with E-state index >= 15 is 0 Å². The van der Waals surface area contributed by atoms with Crippen molar-refractivity contribution < 1.29 is 0 Å². The summed E-state index contributed by atoms with van der Waals surface area (Å²) < 4.78 is 2.44. The number of nitrogens with zero attached hydrogens (tertiary/aromatic N) is 1. The summed E-state index contributed by atoms with van der Waals surface area (Å²) in [5, 5.41) is 0. The predicted octanol–water partition coefficient (Wildman–Crippen LogP) is 4.41. The average Bonchev–Trinajstić information content (AvgIpc) is 2.35. The first-order valence-corrected chi connectivity index (χ1v) is 7.54. The van der Waals surface area contributed by atoms with E-state index in [1.54, 1.807) is 0 Å². The first kappa shape index (κ1) is 12.8. The van der Waals surface area contributed by atoms with E-state index in [9.17, 15) is 0 Å². The Balaban J connectivity index is 1.57. The Morgan fingerprint density at radius 1 is 0.947 bits per heavy atom. The molecule has 0 unspecified atom stereocenters. The van der Waals surface area contributed by atoms with Gasteiger partial charge < -0.3 is 0 Å². The van der Waals surface area contributed by atoms with Crippen LogP contribution in [0.5, 0.6) is 0 Å². The molecule has 1 saturated heterocycles. The van der Waals surface area contributed by atoms with Crippen molar-refractivity contribution >= 4 is 11.9 Å². The summed E-state index contributed by atoms with van der Waals surface area (Å²) in [5.74, 6) is 0.706. The van der Waals surface area contributed by atoms with Crippen molar-refractivity contribution in [3.8, 4) is 0 Å². The molecule has 0 atom stereocenters. The molecule has 19 heavy (non-hydrogen) atoms. The van der Waals surface area contributed by atoms with Crippen LogP contribution in [0.4, 0.5) is 0 Å². The minimum atomic E-state index is 0.706. The summed E-state index contributed by atoms with van der Waals surface area (Å²) in [6.45, 7) is 6.60. The molecule has 2 aromatic carbocycles. The van der Waals surface area contributed by atoms with Crippen molar-refractivity contribution in [2.24, 2.45) is 0 Å². The fourth-order valence-electron chi connectivity index (χ4n) is 2.38. The van der Waals surface area contributed by atoms with Gasteiger partial charge in [-0.2, -0.15) is 0 Å².